The molecule has 0 spiro atoms. The minimum atomic E-state index is -0.296. The van der Waals surface area contributed by atoms with Gasteiger partial charge in [-0.15, -0.1) is 5.10 Å². The first-order valence-electron chi connectivity index (χ1n) is 11.2. The number of aromatic nitrogens is 4. The molecule has 1 fully saturated rings. The van der Waals surface area contributed by atoms with E-state index in [9.17, 15) is 4.79 Å². The molecule has 0 aliphatic heterocycles. The normalized spacial score (nSPS) is 17.9. The number of carbonyl (C=O) groups excluding carboxylic acids is 1. The molecule has 5 N–H and O–H groups in total. The van der Waals surface area contributed by atoms with Crippen molar-refractivity contribution in [1.29, 1.82) is 0 Å². The van der Waals surface area contributed by atoms with Crippen LogP contribution in [0.5, 0.6) is 0 Å². The Balaban J connectivity index is 1.50. The smallest absolute Gasteiger partial charge is 0.276 e. The largest absolute Gasteiger partial charge is 0.366 e. The third-order valence-electron chi connectivity index (χ3n) is 5.90. The Kier molecular flexibility index (Phi) is 6.59. The van der Waals surface area contributed by atoms with E-state index in [1.807, 2.05) is 36.4 Å². The Labute approximate surface area is 210 Å². The van der Waals surface area contributed by atoms with Crippen molar-refractivity contribution in [3.05, 3.63) is 70.3 Å². The maximum absolute atomic E-state index is 13.2. The minimum absolute atomic E-state index is 0.267. The van der Waals surface area contributed by atoms with Crippen LogP contribution < -0.4 is 21.7 Å². The van der Waals surface area contributed by atoms with E-state index in [1.54, 1.807) is 29.2 Å². The number of para-hydroxylation sites is 1. The van der Waals surface area contributed by atoms with Gasteiger partial charge in [0.15, 0.2) is 11.3 Å². The third-order valence-corrected chi connectivity index (χ3v) is 6.76. The van der Waals surface area contributed by atoms with Gasteiger partial charge >= 0.3 is 0 Å². The van der Waals surface area contributed by atoms with E-state index < -0.39 is 0 Å². The molecule has 0 bridgehead atoms. The van der Waals surface area contributed by atoms with Crippen molar-refractivity contribution >= 4 is 57.0 Å². The highest BCUT2D eigenvalue weighted by molar-refractivity contribution is 14.1. The Morgan fingerprint density at radius 1 is 1.06 bits per heavy atom. The van der Waals surface area contributed by atoms with E-state index in [2.05, 4.69) is 48.5 Å². The summed E-state index contributed by atoms with van der Waals surface area (Å²) in [5, 5.41) is 14.6. The van der Waals surface area contributed by atoms with Crippen molar-refractivity contribution in [2.45, 2.75) is 37.8 Å². The summed E-state index contributed by atoms with van der Waals surface area (Å²) in [6.45, 7) is 0. The number of nitrogens with two attached hydrogens (primary N) is 1. The molecule has 34 heavy (non-hydrogen) atoms. The zero-order chi connectivity index (χ0) is 23.5. The van der Waals surface area contributed by atoms with Gasteiger partial charge < -0.3 is 21.7 Å². The van der Waals surface area contributed by atoms with Crippen LogP contribution in [0, 0.1) is 3.57 Å². The number of fused-ring (bicyclic) bond motifs is 1. The second-order valence-corrected chi connectivity index (χ2v) is 9.54. The molecule has 0 radical (unpaired) electrons. The van der Waals surface area contributed by atoms with E-state index in [-0.39, 0.29) is 18.0 Å². The Morgan fingerprint density at radius 2 is 1.85 bits per heavy atom. The van der Waals surface area contributed by atoms with Crippen LogP contribution in [0.4, 0.5) is 22.9 Å². The van der Waals surface area contributed by atoms with Gasteiger partial charge in [0.05, 0.1) is 21.1 Å². The average Bonchev–Trinajstić information content (AvgIpc) is 3.27. The second-order valence-electron chi connectivity index (χ2n) is 8.38. The molecule has 174 valence electrons. The summed E-state index contributed by atoms with van der Waals surface area (Å²) in [7, 11) is 0. The van der Waals surface area contributed by atoms with E-state index in [4.69, 9.17) is 10.8 Å². The van der Waals surface area contributed by atoms with Crippen LogP contribution in [0.15, 0.2) is 61.1 Å². The molecule has 1 saturated carbocycles. The number of nitrogens with zero attached hydrogens (tertiary/aromatic N) is 4. The van der Waals surface area contributed by atoms with E-state index >= 15 is 0 Å². The Morgan fingerprint density at radius 3 is 2.62 bits per heavy atom. The molecule has 0 saturated heterocycles. The molecule has 1 aliphatic rings. The summed E-state index contributed by atoms with van der Waals surface area (Å²) < 4.78 is 2.44. The van der Waals surface area contributed by atoms with Crippen molar-refractivity contribution in [3.8, 4) is 0 Å². The summed E-state index contributed by atoms with van der Waals surface area (Å²) in [5.41, 5.74) is 9.34. The number of benzene rings is 1. The van der Waals surface area contributed by atoms with Gasteiger partial charge in [-0.25, -0.2) is 9.50 Å². The van der Waals surface area contributed by atoms with Gasteiger partial charge in [0.25, 0.3) is 5.91 Å². The first-order chi connectivity index (χ1) is 16.6. The van der Waals surface area contributed by atoms with Crippen molar-refractivity contribution in [3.63, 3.8) is 0 Å². The molecule has 1 aromatic carbocycles. The number of hydrogen-bond donors (Lipinski definition) is 4. The highest BCUT2D eigenvalue weighted by Crippen LogP contribution is 2.27. The summed E-state index contributed by atoms with van der Waals surface area (Å²) in [5.74, 6) is 0.382. The molecule has 0 atom stereocenters. The highest BCUT2D eigenvalue weighted by Gasteiger charge is 2.21. The van der Waals surface area contributed by atoms with Gasteiger partial charge in [-0.2, -0.15) is 0 Å². The average molecular weight is 568 g/mol. The lowest BCUT2D eigenvalue weighted by atomic mass is 9.92. The number of nitrogens with one attached hydrogen (secondary N) is 3. The SMILES string of the molecule is NC1CCC(Nc2cc(Nc3ccccc3)c3ncc(C(=O)Nc4ccncc4I)n3n2)CC1. The van der Waals surface area contributed by atoms with Gasteiger partial charge in [-0.3, -0.25) is 9.78 Å². The Bertz CT molecular complexity index is 1300. The molecular formula is C24H25IN8O. The molecule has 1 amide bonds. The van der Waals surface area contributed by atoms with E-state index in [1.165, 1.54) is 0 Å². The molecule has 9 nitrogen and oxygen atoms in total. The molecule has 5 rings (SSSR count). The number of carbonyl (C=O) groups is 1. The summed E-state index contributed by atoms with van der Waals surface area (Å²) >= 11 is 2.14. The number of anilines is 4. The predicted octanol–water partition coefficient (Wildman–Crippen LogP) is 4.41. The molecule has 0 unspecified atom stereocenters. The van der Waals surface area contributed by atoms with Crippen molar-refractivity contribution < 1.29 is 4.79 Å². The molecule has 3 aromatic heterocycles. The minimum Gasteiger partial charge on any atom is -0.366 e. The summed E-state index contributed by atoms with van der Waals surface area (Å²) in [4.78, 5) is 21.7. The maximum atomic E-state index is 13.2. The third kappa shape index (κ3) is 4.97. The van der Waals surface area contributed by atoms with Crippen LogP contribution >= 0.6 is 22.6 Å². The lowest BCUT2D eigenvalue weighted by Crippen LogP contribution is -2.33. The van der Waals surface area contributed by atoms with Gasteiger partial charge in [-0.05, 0) is 66.5 Å². The van der Waals surface area contributed by atoms with Crippen molar-refractivity contribution in [2.24, 2.45) is 5.73 Å². The van der Waals surface area contributed by atoms with Gasteiger partial charge in [0.2, 0.25) is 0 Å². The fourth-order valence-corrected chi connectivity index (χ4v) is 4.57. The first kappa shape index (κ1) is 22.5. The van der Waals surface area contributed by atoms with Crippen molar-refractivity contribution in [1.82, 2.24) is 19.6 Å². The molecule has 10 heteroatoms. The molecule has 3 heterocycles. The zero-order valence-corrected chi connectivity index (χ0v) is 20.6. The van der Waals surface area contributed by atoms with Crippen LogP contribution in [-0.4, -0.2) is 37.6 Å². The summed E-state index contributed by atoms with van der Waals surface area (Å²) in [6.07, 6.45) is 8.83. The van der Waals surface area contributed by atoms with Crippen LogP contribution in [0.2, 0.25) is 0 Å². The topological polar surface area (TPSA) is 122 Å². The van der Waals surface area contributed by atoms with Gasteiger partial charge in [0.1, 0.15) is 5.82 Å². The zero-order valence-electron chi connectivity index (χ0n) is 18.4. The van der Waals surface area contributed by atoms with E-state index in [0.29, 0.717) is 22.8 Å². The first-order valence-corrected chi connectivity index (χ1v) is 12.3. The lowest BCUT2D eigenvalue weighted by molar-refractivity contribution is 0.102. The van der Waals surface area contributed by atoms with E-state index in [0.717, 1.165) is 40.6 Å². The van der Waals surface area contributed by atoms with Gasteiger partial charge in [-0.1, -0.05) is 18.2 Å². The number of hydrogen-bond acceptors (Lipinski definition) is 7. The standard InChI is InChI=1S/C24H25IN8O/c25-18-13-27-11-10-19(18)31-24(34)21-14-28-23-20(29-16-4-2-1-3-5-16)12-22(32-33(21)23)30-17-8-6-15(26)7-9-17/h1-5,10-15,17,29H,6-9,26H2,(H,30,32)(H,27,31,34). The number of halogens is 1. The monoisotopic (exact) mass is 568 g/mol. The second kappa shape index (κ2) is 9.94. The van der Waals surface area contributed by atoms with Gasteiger partial charge in [0, 0.05) is 36.2 Å². The number of pyridine rings is 1. The number of amides is 1. The molecule has 4 aromatic rings. The Hall–Kier alpha value is -3.25. The fraction of sp³-hybridized carbons (Fsp3) is 0.250. The highest BCUT2D eigenvalue weighted by atomic mass is 127. The molecule has 1 aliphatic carbocycles. The number of rotatable bonds is 6. The molecular weight excluding hydrogens is 543 g/mol. The lowest BCUT2D eigenvalue weighted by Gasteiger charge is -2.27. The quantitative estimate of drug-likeness (QED) is 0.254. The number of imidazole rings is 1. The van der Waals surface area contributed by atoms with Crippen molar-refractivity contribution in [2.75, 3.05) is 16.0 Å². The fourth-order valence-electron chi connectivity index (χ4n) is 4.10. The van der Waals surface area contributed by atoms with Crippen LogP contribution in [0.1, 0.15) is 36.2 Å². The summed E-state index contributed by atoms with van der Waals surface area (Å²) in [6, 6.07) is 14.1. The van der Waals surface area contributed by atoms with Crippen LogP contribution in [-0.2, 0) is 0 Å². The maximum Gasteiger partial charge on any atom is 0.276 e. The van der Waals surface area contributed by atoms with Crippen LogP contribution in [0.3, 0.4) is 0 Å². The predicted molar refractivity (Wildman–Crippen MR) is 141 cm³/mol. The van der Waals surface area contributed by atoms with Crippen LogP contribution in [0.25, 0.3) is 5.65 Å².